The molecule has 2 aromatic rings. The highest BCUT2D eigenvalue weighted by molar-refractivity contribution is 7.99. The molecule has 0 heterocycles. The van der Waals surface area contributed by atoms with Crippen LogP contribution in [0.1, 0.15) is 10.4 Å². The van der Waals surface area contributed by atoms with Gasteiger partial charge in [-0.1, -0.05) is 17.7 Å². The van der Waals surface area contributed by atoms with E-state index in [-0.39, 0.29) is 18.1 Å². The average molecular weight is 410 g/mol. The van der Waals surface area contributed by atoms with E-state index in [4.69, 9.17) is 25.8 Å². The maximum atomic E-state index is 12.3. The lowest BCUT2D eigenvalue weighted by Gasteiger charge is -2.12. The molecule has 0 radical (unpaired) electrons. The van der Waals surface area contributed by atoms with Gasteiger partial charge in [-0.05, 0) is 36.4 Å². The monoisotopic (exact) mass is 409 g/mol. The number of carbonyl (C=O) groups excluding carboxylic acids is 2. The van der Waals surface area contributed by atoms with Crippen LogP contribution in [0.2, 0.25) is 5.02 Å². The number of carbonyl (C=O) groups is 2. The normalized spacial score (nSPS) is 10.2. The van der Waals surface area contributed by atoms with E-state index in [1.165, 1.54) is 14.2 Å². The van der Waals surface area contributed by atoms with Crippen molar-refractivity contribution >= 4 is 35.2 Å². The van der Waals surface area contributed by atoms with E-state index in [1.807, 2.05) is 24.3 Å². The van der Waals surface area contributed by atoms with Crippen LogP contribution in [0.4, 0.5) is 0 Å². The number of halogens is 1. The van der Waals surface area contributed by atoms with Gasteiger partial charge in [0, 0.05) is 22.2 Å². The number of nitrogens with one attached hydrogen (secondary N) is 1. The number of benzene rings is 2. The Kier molecular flexibility index (Phi) is 8.29. The SMILES string of the molecule is COc1cccc(OC)c1C(=O)OCC(=O)NCCSc1ccc(Cl)cc1. The number of methoxy groups -OCH3 is 2. The first-order chi connectivity index (χ1) is 13.0. The third kappa shape index (κ3) is 6.37. The molecule has 8 heteroatoms. The molecule has 1 amide bonds. The molecule has 0 aliphatic heterocycles. The maximum Gasteiger partial charge on any atom is 0.346 e. The molecule has 2 rings (SSSR count). The summed E-state index contributed by atoms with van der Waals surface area (Å²) >= 11 is 7.42. The van der Waals surface area contributed by atoms with Crippen LogP contribution in [0.5, 0.6) is 11.5 Å². The summed E-state index contributed by atoms with van der Waals surface area (Å²) in [6.07, 6.45) is 0. The predicted molar refractivity (Wildman–Crippen MR) is 105 cm³/mol. The van der Waals surface area contributed by atoms with Crippen molar-refractivity contribution in [1.29, 1.82) is 0 Å². The van der Waals surface area contributed by atoms with Gasteiger partial charge >= 0.3 is 5.97 Å². The zero-order valence-electron chi connectivity index (χ0n) is 15.0. The maximum absolute atomic E-state index is 12.3. The fraction of sp³-hybridized carbons (Fsp3) is 0.263. The van der Waals surface area contributed by atoms with Crippen LogP contribution < -0.4 is 14.8 Å². The minimum Gasteiger partial charge on any atom is -0.496 e. The van der Waals surface area contributed by atoms with Crippen LogP contribution in [-0.2, 0) is 9.53 Å². The highest BCUT2D eigenvalue weighted by atomic mass is 35.5. The summed E-state index contributed by atoms with van der Waals surface area (Å²) in [6, 6.07) is 12.4. The van der Waals surface area contributed by atoms with Crippen LogP contribution >= 0.6 is 23.4 Å². The Balaban J connectivity index is 1.77. The first-order valence-electron chi connectivity index (χ1n) is 8.08. The standard InChI is InChI=1S/C19H20ClNO5S/c1-24-15-4-3-5-16(25-2)18(15)19(23)26-12-17(22)21-10-11-27-14-8-6-13(20)7-9-14/h3-9H,10-12H2,1-2H3,(H,21,22). The van der Waals surface area contributed by atoms with Crippen molar-refractivity contribution < 1.29 is 23.8 Å². The summed E-state index contributed by atoms with van der Waals surface area (Å²) in [5.74, 6) is 0.254. The molecule has 0 atom stereocenters. The van der Waals surface area contributed by atoms with Crippen molar-refractivity contribution in [2.24, 2.45) is 0 Å². The second-order valence-corrected chi connectivity index (χ2v) is 6.87. The number of hydrogen-bond acceptors (Lipinski definition) is 6. The van der Waals surface area contributed by atoms with Crippen molar-refractivity contribution in [1.82, 2.24) is 5.32 Å². The third-order valence-electron chi connectivity index (χ3n) is 3.47. The number of rotatable bonds is 9. The largest absolute Gasteiger partial charge is 0.496 e. The molecule has 0 saturated carbocycles. The molecule has 0 aromatic heterocycles. The Labute approximate surface area is 167 Å². The van der Waals surface area contributed by atoms with E-state index in [0.29, 0.717) is 28.8 Å². The molecular formula is C19H20ClNO5S. The highest BCUT2D eigenvalue weighted by Crippen LogP contribution is 2.28. The molecule has 0 fully saturated rings. The number of thioether (sulfide) groups is 1. The van der Waals surface area contributed by atoms with Gasteiger partial charge in [-0.2, -0.15) is 0 Å². The molecule has 27 heavy (non-hydrogen) atoms. The van der Waals surface area contributed by atoms with Crippen LogP contribution in [0.15, 0.2) is 47.4 Å². The average Bonchev–Trinajstić information content (AvgIpc) is 2.70. The quantitative estimate of drug-likeness (QED) is 0.388. The number of hydrogen-bond donors (Lipinski definition) is 1. The number of esters is 1. The Morgan fingerprint density at radius 3 is 2.26 bits per heavy atom. The lowest BCUT2D eigenvalue weighted by atomic mass is 10.2. The molecule has 1 N–H and O–H groups in total. The number of ether oxygens (including phenoxy) is 3. The van der Waals surface area contributed by atoms with Gasteiger partial charge in [0.2, 0.25) is 0 Å². The number of amides is 1. The van der Waals surface area contributed by atoms with Crippen molar-refractivity contribution in [2.45, 2.75) is 4.90 Å². The van der Waals surface area contributed by atoms with E-state index in [2.05, 4.69) is 5.32 Å². The summed E-state index contributed by atoms with van der Waals surface area (Å²) in [4.78, 5) is 25.2. The van der Waals surface area contributed by atoms with Crippen LogP contribution in [0, 0.1) is 0 Å². The minimum absolute atomic E-state index is 0.147. The van der Waals surface area contributed by atoms with Gasteiger partial charge in [-0.25, -0.2) is 4.79 Å². The minimum atomic E-state index is -0.685. The fourth-order valence-electron chi connectivity index (χ4n) is 2.20. The van der Waals surface area contributed by atoms with Gasteiger partial charge in [0.25, 0.3) is 5.91 Å². The van der Waals surface area contributed by atoms with Crippen molar-refractivity contribution in [3.8, 4) is 11.5 Å². The summed E-state index contributed by atoms with van der Waals surface area (Å²) in [6.45, 7) is 0.0628. The van der Waals surface area contributed by atoms with Crippen LogP contribution in [0.3, 0.4) is 0 Å². The van der Waals surface area contributed by atoms with Gasteiger partial charge in [-0.15, -0.1) is 11.8 Å². The Hall–Kier alpha value is -2.38. The molecular weight excluding hydrogens is 390 g/mol. The predicted octanol–water partition coefficient (Wildman–Crippen LogP) is 3.42. The van der Waals surface area contributed by atoms with Crippen molar-refractivity contribution in [2.75, 3.05) is 33.1 Å². The van der Waals surface area contributed by atoms with Gasteiger partial charge < -0.3 is 19.5 Å². The van der Waals surface area contributed by atoms with Gasteiger partial charge in [0.05, 0.1) is 14.2 Å². The van der Waals surface area contributed by atoms with Crippen molar-refractivity contribution in [3.63, 3.8) is 0 Å². The van der Waals surface area contributed by atoms with Crippen LogP contribution in [0.25, 0.3) is 0 Å². The fourth-order valence-corrected chi connectivity index (χ4v) is 3.09. The van der Waals surface area contributed by atoms with Gasteiger partial charge in [-0.3, -0.25) is 4.79 Å². The summed E-state index contributed by atoms with van der Waals surface area (Å²) < 4.78 is 15.4. The summed E-state index contributed by atoms with van der Waals surface area (Å²) in [5, 5.41) is 3.38. The zero-order valence-corrected chi connectivity index (χ0v) is 16.6. The van der Waals surface area contributed by atoms with Gasteiger partial charge in [0.1, 0.15) is 17.1 Å². The molecule has 6 nitrogen and oxygen atoms in total. The lowest BCUT2D eigenvalue weighted by molar-refractivity contribution is -0.124. The first-order valence-corrected chi connectivity index (χ1v) is 9.44. The molecule has 0 saturated heterocycles. The molecule has 0 aliphatic rings. The first kappa shape index (κ1) is 20.9. The van der Waals surface area contributed by atoms with E-state index in [1.54, 1.807) is 30.0 Å². The van der Waals surface area contributed by atoms with E-state index >= 15 is 0 Å². The Morgan fingerprint density at radius 1 is 1.04 bits per heavy atom. The second kappa shape index (κ2) is 10.7. The molecule has 0 bridgehead atoms. The van der Waals surface area contributed by atoms with E-state index in [0.717, 1.165) is 4.90 Å². The lowest BCUT2D eigenvalue weighted by Crippen LogP contribution is -2.30. The molecule has 144 valence electrons. The topological polar surface area (TPSA) is 73.9 Å². The highest BCUT2D eigenvalue weighted by Gasteiger charge is 2.20. The third-order valence-corrected chi connectivity index (χ3v) is 4.74. The second-order valence-electron chi connectivity index (χ2n) is 5.27. The Bertz CT molecular complexity index is 760. The van der Waals surface area contributed by atoms with E-state index in [9.17, 15) is 9.59 Å². The van der Waals surface area contributed by atoms with Crippen molar-refractivity contribution in [3.05, 3.63) is 53.1 Å². The zero-order chi connectivity index (χ0) is 19.6. The van der Waals surface area contributed by atoms with Crippen LogP contribution in [-0.4, -0.2) is 45.0 Å². The molecule has 2 aromatic carbocycles. The molecule has 0 aliphatic carbocycles. The summed E-state index contributed by atoms with van der Waals surface area (Å²) in [7, 11) is 2.88. The smallest absolute Gasteiger partial charge is 0.346 e. The van der Waals surface area contributed by atoms with Gasteiger partial charge in [0.15, 0.2) is 6.61 Å². The Morgan fingerprint density at radius 2 is 1.67 bits per heavy atom. The summed E-state index contributed by atoms with van der Waals surface area (Å²) in [5.41, 5.74) is 0.147. The van der Waals surface area contributed by atoms with E-state index < -0.39 is 5.97 Å². The molecule has 0 unspecified atom stereocenters. The molecule has 0 spiro atoms.